The zero-order chi connectivity index (χ0) is 18.2. The average molecular weight is 370 g/mol. The molecule has 0 radical (unpaired) electrons. The van der Waals surface area contributed by atoms with Crippen molar-refractivity contribution in [2.24, 2.45) is 5.73 Å². The minimum Gasteiger partial charge on any atom is -0.365 e. The summed E-state index contributed by atoms with van der Waals surface area (Å²) >= 11 is 1.38. The van der Waals surface area contributed by atoms with Gasteiger partial charge in [-0.2, -0.15) is 29.5 Å². The number of hydrogen-bond donors (Lipinski definition) is 1. The summed E-state index contributed by atoms with van der Waals surface area (Å²) in [6, 6.07) is 3.06. The van der Waals surface area contributed by atoms with Crippen LogP contribution in [0.25, 0.3) is 11.4 Å². The van der Waals surface area contributed by atoms with Crippen molar-refractivity contribution in [1.29, 1.82) is 0 Å². The van der Waals surface area contributed by atoms with E-state index in [1.807, 2.05) is 0 Å². The molecule has 3 aromatic rings. The molecular weight excluding hydrogens is 361 g/mol. The number of carbonyl (C=O) groups is 1. The van der Waals surface area contributed by atoms with E-state index in [0.717, 1.165) is 6.07 Å². The molecule has 11 heteroatoms. The van der Waals surface area contributed by atoms with E-state index in [0.29, 0.717) is 16.2 Å². The number of nitrogens with zero attached hydrogens (tertiary/aromatic N) is 3. The number of alkyl halides is 3. The molecule has 3 aromatic heterocycles. The van der Waals surface area contributed by atoms with Crippen molar-refractivity contribution in [1.82, 2.24) is 14.7 Å². The lowest BCUT2D eigenvalue weighted by atomic mass is 10.2. The topological polar surface area (TPSA) is 104 Å². The largest absolute Gasteiger partial charge is 0.431 e. The summed E-state index contributed by atoms with van der Waals surface area (Å²) < 4.78 is 44.7. The highest BCUT2D eigenvalue weighted by Crippen LogP contribution is 2.29. The number of carbonyl (C=O) groups excluding carboxylic acids is 1. The van der Waals surface area contributed by atoms with Crippen LogP contribution in [0, 0.1) is 0 Å². The van der Waals surface area contributed by atoms with E-state index >= 15 is 0 Å². The van der Waals surface area contributed by atoms with E-state index in [2.05, 4.69) is 10.1 Å². The molecule has 7 nitrogen and oxygen atoms in total. The summed E-state index contributed by atoms with van der Waals surface area (Å²) in [7, 11) is 0. The molecule has 0 aliphatic heterocycles. The molecule has 0 bridgehead atoms. The first-order valence-electron chi connectivity index (χ1n) is 6.73. The Morgan fingerprint density at radius 2 is 2.08 bits per heavy atom. The molecule has 25 heavy (non-hydrogen) atoms. The third-order valence-electron chi connectivity index (χ3n) is 3.27. The summed E-state index contributed by atoms with van der Waals surface area (Å²) in [5, 5.41) is 7.17. The van der Waals surface area contributed by atoms with Crippen molar-refractivity contribution in [3.63, 3.8) is 0 Å². The molecule has 3 rings (SSSR count). The van der Waals surface area contributed by atoms with Crippen LogP contribution in [0.2, 0.25) is 0 Å². The third kappa shape index (κ3) is 3.31. The van der Waals surface area contributed by atoms with Crippen LogP contribution in [0.3, 0.4) is 0 Å². The van der Waals surface area contributed by atoms with Gasteiger partial charge in [-0.05, 0) is 23.6 Å². The maximum Gasteiger partial charge on any atom is 0.431 e. The molecule has 0 fully saturated rings. The van der Waals surface area contributed by atoms with Gasteiger partial charge in [0.15, 0.2) is 0 Å². The predicted octanol–water partition coefficient (Wildman–Crippen LogP) is 2.13. The van der Waals surface area contributed by atoms with Gasteiger partial charge in [0.25, 0.3) is 11.5 Å². The number of rotatable bonds is 4. The van der Waals surface area contributed by atoms with Gasteiger partial charge < -0.3 is 10.3 Å². The smallest absolute Gasteiger partial charge is 0.365 e. The highest BCUT2D eigenvalue weighted by atomic mass is 32.1. The molecular formula is C14H9F3N4O3S. The monoisotopic (exact) mass is 370 g/mol. The van der Waals surface area contributed by atoms with Crippen LogP contribution < -0.4 is 11.3 Å². The van der Waals surface area contributed by atoms with Crippen LogP contribution in [0.4, 0.5) is 13.2 Å². The number of amides is 1. The molecule has 2 N–H and O–H groups in total. The molecule has 3 heterocycles. The summed E-state index contributed by atoms with van der Waals surface area (Å²) in [4.78, 5) is 27.4. The van der Waals surface area contributed by atoms with E-state index < -0.39 is 35.4 Å². The molecule has 0 saturated heterocycles. The molecule has 0 aromatic carbocycles. The first-order chi connectivity index (χ1) is 11.8. The Morgan fingerprint density at radius 3 is 2.68 bits per heavy atom. The van der Waals surface area contributed by atoms with Crippen LogP contribution in [-0.2, 0) is 12.7 Å². The number of pyridine rings is 1. The van der Waals surface area contributed by atoms with Crippen molar-refractivity contribution in [2.75, 3.05) is 0 Å². The maximum absolute atomic E-state index is 13.2. The van der Waals surface area contributed by atoms with E-state index in [4.69, 9.17) is 10.3 Å². The quantitative estimate of drug-likeness (QED) is 0.758. The van der Waals surface area contributed by atoms with Crippen LogP contribution >= 0.6 is 11.3 Å². The van der Waals surface area contributed by atoms with Gasteiger partial charge in [-0.1, -0.05) is 5.16 Å². The molecule has 1 amide bonds. The Bertz CT molecular complexity index is 976. The normalized spacial score (nSPS) is 11.6. The van der Waals surface area contributed by atoms with Crippen LogP contribution in [0.5, 0.6) is 0 Å². The number of primary amides is 1. The van der Waals surface area contributed by atoms with Crippen molar-refractivity contribution >= 4 is 17.2 Å². The van der Waals surface area contributed by atoms with Crippen molar-refractivity contribution in [3.05, 3.63) is 56.5 Å². The summed E-state index contributed by atoms with van der Waals surface area (Å²) in [6.07, 6.45) is -4.81. The zero-order valence-electron chi connectivity index (χ0n) is 12.3. The fraction of sp³-hybridized carbons (Fsp3) is 0.143. The SMILES string of the molecule is NC(=O)c1ccc(C(F)(F)F)n(Cc2nc(-c3ccsc3)no2)c1=O. The Hall–Kier alpha value is -2.95. The van der Waals surface area contributed by atoms with Gasteiger partial charge in [-0.15, -0.1) is 0 Å². The Balaban J connectivity index is 2.05. The van der Waals surface area contributed by atoms with Gasteiger partial charge in [0.1, 0.15) is 17.8 Å². The first-order valence-corrected chi connectivity index (χ1v) is 7.67. The van der Waals surface area contributed by atoms with Gasteiger partial charge >= 0.3 is 6.18 Å². The second kappa shape index (κ2) is 6.16. The lowest BCUT2D eigenvalue weighted by Gasteiger charge is -2.14. The highest BCUT2D eigenvalue weighted by Gasteiger charge is 2.35. The predicted molar refractivity (Wildman–Crippen MR) is 80.9 cm³/mol. The molecule has 130 valence electrons. The van der Waals surface area contributed by atoms with Gasteiger partial charge in [-0.3, -0.25) is 14.2 Å². The Kier molecular flexibility index (Phi) is 4.17. The molecule has 0 spiro atoms. The molecule has 0 unspecified atom stereocenters. The number of halogens is 3. The second-order valence-corrected chi connectivity index (χ2v) is 5.69. The van der Waals surface area contributed by atoms with Gasteiger partial charge in [0.05, 0.1) is 0 Å². The van der Waals surface area contributed by atoms with Crippen molar-refractivity contribution in [3.8, 4) is 11.4 Å². The number of nitrogens with two attached hydrogens (primary N) is 1. The minimum absolute atomic E-state index is 0.184. The molecule has 0 aliphatic rings. The van der Waals surface area contributed by atoms with E-state index in [1.54, 1.807) is 16.8 Å². The zero-order valence-corrected chi connectivity index (χ0v) is 13.1. The summed E-state index contributed by atoms with van der Waals surface area (Å²) in [6.45, 7) is -0.647. The van der Waals surface area contributed by atoms with Crippen molar-refractivity contribution in [2.45, 2.75) is 12.7 Å². The maximum atomic E-state index is 13.2. The molecule has 0 aliphatic carbocycles. The van der Waals surface area contributed by atoms with Crippen LogP contribution in [0.15, 0.2) is 38.3 Å². The first kappa shape index (κ1) is 16.9. The van der Waals surface area contributed by atoms with E-state index in [-0.39, 0.29) is 11.7 Å². The lowest BCUT2D eigenvalue weighted by Crippen LogP contribution is -2.34. The Labute approximate surface area is 141 Å². The number of thiophene rings is 1. The standard InChI is InChI=1S/C14H9F3N4O3S/c15-14(16,17)9-2-1-8(11(18)22)13(23)21(9)5-10-19-12(20-24-10)7-3-4-25-6-7/h1-4,6H,5H2,(H2,18,22). The molecule has 0 atom stereocenters. The van der Waals surface area contributed by atoms with Gasteiger partial charge in [0, 0.05) is 10.9 Å². The van der Waals surface area contributed by atoms with Gasteiger partial charge in [0.2, 0.25) is 11.7 Å². The van der Waals surface area contributed by atoms with Crippen molar-refractivity contribution < 1.29 is 22.5 Å². The van der Waals surface area contributed by atoms with Gasteiger partial charge in [-0.25, -0.2) is 0 Å². The van der Waals surface area contributed by atoms with Crippen LogP contribution in [0.1, 0.15) is 21.9 Å². The number of hydrogen-bond acceptors (Lipinski definition) is 6. The second-order valence-electron chi connectivity index (χ2n) is 4.91. The minimum atomic E-state index is -4.81. The average Bonchev–Trinajstić information content (AvgIpc) is 3.18. The molecule has 0 saturated carbocycles. The summed E-state index contributed by atoms with van der Waals surface area (Å²) in [5.41, 5.74) is 2.65. The number of aromatic nitrogens is 3. The van der Waals surface area contributed by atoms with E-state index in [1.165, 1.54) is 11.3 Å². The summed E-state index contributed by atoms with van der Waals surface area (Å²) in [5.74, 6) is -1.16. The van der Waals surface area contributed by atoms with Crippen LogP contribution in [-0.4, -0.2) is 20.6 Å². The lowest BCUT2D eigenvalue weighted by molar-refractivity contribution is -0.144. The fourth-order valence-electron chi connectivity index (χ4n) is 2.13. The third-order valence-corrected chi connectivity index (χ3v) is 3.95. The Morgan fingerprint density at radius 1 is 1.32 bits per heavy atom. The van der Waals surface area contributed by atoms with E-state index in [9.17, 15) is 22.8 Å². The fourth-order valence-corrected chi connectivity index (χ4v) is 2.77. The highest BCUT2D eigenvalue weighted by molar-refractivity contribution is 7.08.